The summed E-state index contributed by atoms with van der Waals surface area (Å²) in [6.07, 6.45) is 2.60. The molecule has 86 valence electrons. The summed E-state index contributed by atoms with van der Waals surface area (Å²) >= 11 is 0. The van der Waals surface area contributed by atoms with Gasteiger partial charge in [-0.1, -0.05) is 18.2 Å². The predicted octanol–water partition coefficient (Wildman–Crippen LogP) is 3.04. The Morgan fingerprint density at radius 3 is 2.53 bits per heavy atom. The molecule has 0 amide bonds. The number of Topliss-reactive ketones (excluding diaryl/α,β-unsaturated/α-hetero) is 1. The van der Waals surface area contributed by atoms with Crippen LogP contribution in [0, 0.1) is 5.82 Å². The van der Waals surface area contributed by atoms with Crippen LogP contribution >= 0.6 is 0 Å². The molecule has 0 saturated heterocycles. The van der Waals surface area contributed by atoms with Crippen LogP contribution in [0.2, 0.25) is 0 Å². The zero-order chi connectivity index (χ0) is 12.1. The molecule has 0 fully saturated rings. The number of aromatic nitrogens is 1. The molecule has 2 nitrogen and oxygen atoms in total. The number of carbonyl (C=O) groups is 1. The van der Waals surface area contributed by atoms with Gasteiger partial charge in [0.2, 0.25) is 0 Å². The Bertz CT molecular complexity index is 493. The Labute approximate surface area is 99.1 Å². The first-order valence-corrected chi connectivity index (χ1v) is 5.44. The van der Waals surface area contributed by atoms with Gasteiger partial charge in [0.1, 0.15) is 11.5 Å². The standard InChI is InChI=1S/C14H12FNO/c15-12-7-4-11(5-8-12)6-9-14(17)13-3-1-2-10-16-13/h1-5,7-8,10H,6,9H2. The van der Waals surface area contributed by atoms with E-state index in [9.17, 15) is 9.18 Å². The topological polar surface area (TPSA) is 30.0 Å². The van der Waals surface area contributed by atoms with Gasteiger partial charge < -0.3 is 0 Å². The normalized spacial score (nSPS) is 10.2. The lowest BCUT2D eigenvalue weighted by Crippen LogP contribution is -2.03. The van der Waals surface area contributed by atoms with Crippen LogP contribution < -0.4 is 0 Å². The predicted molar refractivity (Wildman–Crippen MR) is 63.3 cm³/mol. The maximum Gasteiger partial charge on any atom is 0.181 e. The summed E-state index contributed by atoms with van der Waals surface area (Å²) in [5, 5.41) is 0. The minimum absolute atomic E-state index is 0.00919. The molecular formula is C14H12FNO. The molecule has 2 aromatic rings. The van der Waals surface area contributed by atoms with E-state index in [1.54, 1.807) is 36.5 Å². The first-order valence-electron chi connectivity index (χ1n) is 5.44. The number of nitrogens with zero attached hydrogens (tertiary/aromatic N) is 1. The number of carbonyl (C=O) groups excluding carboxylic acids is 1. The van der Waals surface area contributed by atoms with Crippen molar-refractivity contribution in [1.29, 1.82) is 0 Å². The fraction of sp³-hybridized carbons (Fsp3) is 0.143. The van der Waals surface area contributed by atoms with Crippen molar-refractivity contribution in [3.05, 3.63) is 65.7 Å². The zero-order valence-electron chi connectivity index (χ0n) is 9.27. The number of ketones is 1. The molecule has 0 aliphatic rings. The summed E-state index contributed by atoms with van der Waals surface area (Å²) < 4.78 is 12.7. The quantitative estimate of drug-likeness (QED) is 0.754. The van der Waals surface area contributed by atoms with Gasteiger partial charge in [-0.3, -0.25) is 9.78 Å². The van der Waals surface area contributed by atoms with E-state index >= 15 is 0 Å². The zero-order valence-corrected chi connectivity index (χ0v) is 9.27. The Kier molecular flexibility index (Phi) is 3.60. The third-order valence-electron chi connectivity index (χ3n) is 2.50. The number of rotatable bonds is 4. The fourth-order valence-electron chi connectivity index (χ4n) is 1.56. The van der Waals surface area contributed by atoms with Crippen molar-refractivity contribution < 1.29 is 9.18 Å². The van der Waals surface area contributed by atoms with Gasteiger partial charge >= 0.3 is 0 Å². The van der Waals surface area contributed by atoms with Crippen LogP contribution in [0.15, 0.2) is 48.7 Å². The number of aryl methyl sites for hydroxylation is 1. The number of benzene rings is 1. The van der Waals surface area contributed by atoms with Crippen molar-refractivity contribution in [1.82, 2.24) is 4.98 Å². The van der Waals surface area contributed by atoms with Gasteiger partial charge in [-0.2, -0.15) is 0 Å². The molecule has 0 spiro atoms. The Morgan fingerprint density at radius 2 is 1.88 bits per heavy atom. The Hall–Kier alpha value is -2.03. The third kappa shape index (κ3) is 3.21. The van der Waals surface area contributed by atoms with Crippen molar-refractivity contribution >= 4 is 5.78 Å². The average Bonchev–Trinajstić information content (AvgIpc) is 2.39. The van der Waals surface area contributed by atoms with E-state index in [-0.39, 0.29) is 11.6 Å². The largest absolute Gasteiger partial charge is 0.292 e. The molecule has 0 radical (unpaired) electrons. The van der Waals surface area contributed by atoms with Gasteiger partial charge in [0.15, 0.2) is 5.78 Å². The van der Waals surface area contributed by atoms with Crippen LogP contribution in [-0.2, 0) is 6.42 Å². The highest BCUT2D eigenvalue weighted by Crippen LogP contribution is 2.08. The summed E-state index contributed by atoms with van der Waals surface area (Å²) in [7, 11) is 0. The number of hydrogen-bond acceptors (Lipinski definition) is 2. The summed E-state index contributed by atoms with van der Waals surface area (Å²) in [6, 6.07) is 11.5. The summed E-state index contributed by atoms with van der Waals surface area (Å²) in [6.45, 7) is 0. The van der Waals surface area contributed by atoms with E-state index in [4.69, 9.17) is 0 Å². The van der Waals surface area contributed by atoms with Crippen molar-refractivity contribution in [3.63, 3.8) is 0 Å². The highest BCUT2D eigenvalue weighted by molar-refractivity contribution is 5.94. The highest BCUT2D eigenvalue weighted by atomic mass is 19.1. The molecule has 0 unspecified atom stereocenters. The molecule has 1 aromatic heterocycles. The second-order valence-electron chi connectivity index (χ2n) is 3.76. The van der Waals surface area contributed by atoms with Crippen molar-refractivity contribution in [2.24, 2.45) is 0 Å². The van der Waals surface area contributed by atoms with E-state index in [1.807, 2.05) is 0 Å². The molecule has 1 aromatic carbocycles. The molecule has 2 rings (SSSR count). The average molecular weight is 229 g/mol. The second-order valence-corrected chi connectivity index (χ2v) is 3.76. The van der Waals surface area contributed by atoms with Crippen LogP contribution in [-0.4, -0.2) is 10.8 Å². The lowest BCUT2D eigenvalue weighted by atomic mass is 10.1. The monoisotopic (exact) mass is 229 g/mol. The lowest BCUT2D eigenvalue weighted by molar-refractivity contribution is 0.0978. The molecule has 0 atom stereocenters. The smallest absolute Gasteiger partial charge is 0.181 e. The number of hydrogen-bond donors (Lipinski definition) is 0. The Morgan fingerprint density at radius 1 is 1.12 bits per heavy atom. The van der Waals surface area contributed by atoms with Gasteiger partial charge in [-0.25, -0.2) is 4.39 Å². The molecule has 0 saturated carbocycles. The van der Waals surface area contributed by atoms with Gasteiger partial charge in [0, 0.05) is 12.6 Å². The minimum Gasteiger partial charge on any atom is -0.292 e. The van der Waals surface area contributed by atoms with E-state index in [0.717, 1.165) is 5.56 Å². The summed E-state index contributed by atoms with van der Waals surface area (Å²) in [5.74, 6) is -0.250. The first kappa shape index (κ1) is 11.5. The van der Waals surface area contributed by atoms with Gasteiger partial charge in [-0.15, -0.1) is 0 Å². The first-order chi connectivity index (χ1) is 8.25. The van der Waals surface area contributed by atoms with E-state index in [2.05, 4.69) is 4.98 Å². The second kappa shape index (κ2) is 5.34. The van der Waals surface area contributed by atoms with Crippen molar-refractivity contribution in [2.45, 2.75) is 12.8 Å². The van der Waals surface area contributed by atoms with Gasteiger partial charge in [-0.05, 0) is 36.2 Å². The highest BCUT2D eigenvalue weighted by Gasteiger charge is 2.06. The maximum absolute atomic E-state index is 12.7. The Balaban J connectivity index is 1.95. The van der Waals surface area contributed by atoms with E-state index < -0.39 is 0 Å². The number of pyridine rings is 1. The maximum atomic E-state index is 12.7. The molecule has 0 aliphatic carbocycles. The molecular weight excluding hydrogens is 217 g/mol. The fourth-order valence-corrected chi connectivity index (χ4v) is 1.56. The summed E-state index contributed by atoms with van der Waals surface area (Å²) in [4.78, 5) is 15.7. The molecule has 0 bridgehead atoms. The van der Waals surface area contributed by atoms with Crippen LogP contribution in [0.4, 0.5) is 4.39 Å². The molecule has 1 heterocycles. The molecule has 0 N–H and O–H groups in total. The van der Waals surface area contributed by atoms with E-state index in [0.29, 0.717) is 18.5 Å². The number of halogens is 1. The van der Waals surface area contributed by atoms with E-state index in [1.165, 1.54) is 12.1 Å². The molecule has 17 heavy (non-hydrogen) atoms. The van der Waals surface area contributed by atoms with Crippen LogP contribution in [0.25, 0.3) is 0 Å². The summed E-state index contributed by atoms with van der Waals surface area (Å²) in [5.41, 5.74) is 1.44. The van der Waals surface area contributed by atoms with Gasteiger partial charge in [0.05, 0.1) is 0 Å². The van der Waals surface area contributed by atoms with Crippen molar-refractivity contribution in [3.8, 4) is 0 Å². The van der Waals surface area contributed by atoms with Crippen molar-refractivity contribution in [2.75, 3.05) is 0 Å². The minimum atomic E-state index is -0.259. The van der Waals surface area contributed by atoms with Gasteiger partial charge in [0.25, 0.3) is 0 Å². The lowest BCUT2D eigenvalue weighted by Gasteiger charge is -2.01. The molecule has 3 heteroatoms. The van der Waals surface area contributed by atoms with Crippen LogP contribution in [0.1, 0.15) is 22.5 Å². The molecule has 0 aliphatic heterocycles. The SMILES string of the molecule is O=C(CCc1ccc(F)cc1)c1ccccn1. The van der Waals surface area contributed by atoms with Crippen LogP contribution in [0.5, 0.6) is 0 Å². The third-order valence-corrected chi connectivity index (χ3v) is 2.50. The van der Waals surface area contributed by atoms with Crippen LogP contribution in [0.3, 0.4) is 0 Å².